The van der Waals surface area contributed by atoms with Crippen LogP contribution in [0.2, 0.25) is 0 Å². The molecule has 30 heavy (non-hydrogen) atoms. The number of benzene rings is 1. The number of carbonyl (C=O) groups excluding carboxylic acids is 2. The quantitative estimate of drug-likeness (QED) is 0.414. The van der Waals surface area contributed by atoms with E-state index in [4.69, 9.17) is 10.4 Å². The van der Waals surface area contributed by atoms with Crippen molar-refractivity contribution in [2.24, 2.45) is 0 Å². The van der Waals surface area contributed by atoms with Crippen LogP contribution in [0, 0.1) is 22.7 Å². The van der Waals surface area contributed by atoms with Gasteiger partial charge in [-0.1, -0.05) is 6.07 Å². The molecular formula is C19H18N6O4S. The van der Waals surface area contributed by atoms with Gasteiger partial charge in [0.25, 0.3) is 11.5 Å². The zero-order valence-corrected chi connectivity index (χ0v) is 16.7. The summed E-state index contributed by atoms with van der Waals surface area (Å²) in [7, 11) is 0. The molecule has 154 valence electrons. The summed E-state index contributed by atoms with van der Waals surface area (Å²) in [5.74, 6) is -1.28. The number of thiazole rings is 1. The molecule has 2 amide bonds. The molecule has 1 heterocycles. The maximum atomic E-state index is 12.7. The van der Waals surface area contributed by atoms with Gasteiger partial charge in [0.15, 0.2) is 5.57 Å². The van der Waals surface area contributed by atoms with Gasteiger partial charge in [0.05, 0.1) is 6.07 Å². The Bertz CT molecular complexity index is 1220. The van der Waals surface area contributed by atoms with Crippen LogP contribution in [-0.2, 0) is 16.1 Å². The molecule has 0 bridgehead atoms. The summed E-state index contributed by atoms with van der Waals surface area (Å²) in [6, 6.07) is 10.2. The average Bonchev–Trinajstić information content (AvgIpc) is 3.06. The summed E-state index contributed by atoms with van der Waals surface area (Å²) < 4.78 is 1.76. The maximum Gasteiger partial charge on any atom is 0.270 e. The topological polar surface area (TPSA) is 160 Å². The van der Waals surface area contributed by atoms with Crippen LogP contribution < -0.4 is 30.7 Å². The lowest BCUT2D eigenvalue weighted by molar-refractivity contribution is -0.118. The summed E-state index contributed by atoms with van der Waals surface area (Å²) in [4.78, 5) is 36.1. The number of nitrogens with zero attached hydrogens (tertiary/aromatic N) is 3. The zero-order chi connectivity index (χ0) is 22.1. The molecule has 10 nitrogen and oxygen atoms in total. The van der Waals surface area contributed by atoms with Crippen LogP contribution in [0.15, 0.2) is 29.1 Å². The predicted molar refractivity (Wildman–Crippen MR) is 111 cm³/mol. The fraction of sp³-hybridized carbons (Fsp3) is 0.211. The standard InChI is InChI=1S/C19H18N6O4S/c1-2-25-18(29)15(30-19(25)14(9-21)17(28)22-7-6-20)10-23-12-4-3-5-13(8-12)24-16(27)11-26/h3-5,8,10,23,26H,2,7,11H2,1H3,(H,22,28)(H,24,27)/b15-10+,19-14-. The lowest BCUT2D eigenvalue weighted by atomic mass is 10.2. The van der Waals surface area contributed by atoms with E-state index in [9.17, 15) is 19.6 Å². The van der Waals surface area contributed by atoms with Crippen LogP contribution in [0.3, 0.4) is 0 Å². The number of nitriles is 2. The highest BCUT2D eigenvalue weighted by atomic mass is 32.1. The largest absolute Gasteiger partial charge is 0.387 e. The zero-order valence-electron chi connectivity index (χ0n) is 15.9. The second kappa shape index (κ2) is 10.6. The van der Waals surface area contributed by atoms with Crippen molar-refractivity contribution in [2.75, 3.05) is 23.8 Å². The average molecular weight is 426 g/mol. The first kappa shape index (κ1) is 22.4. The van der Waals surface area contributed by atoms with Crippen LogP contribution in [0.5, 0.6) is 0 Å². The van der Waals surface area contributed by atoms with Crippen LogP contribution in [0.4, 0.5) is 11.4 Å². The molecule has 1 aromatic carbocycles. The van der Waals surface area contributed by atoms with E-state index in [0.717, 1.165) is 11.3 Å². The lowest BCUT2D eigenvalue weighted by Gasteiger charge is -2.05. The minimum atomic E-state index is -0.727. The third kappa shape index (κ3) is 5.32. The normalized spacial score (nSPS) is 11.8. The van der Waals surface area contributed by atoms with Crippen LogP contribution >= 0.6 is 11.3 Å². The Kier molecular flexibility index (Phi) is 7.88. The molecular weight excluding hydrogens is 408 g/mol. The second-order valence-electron chi connectivity index (χ2n) is 5.72. The van der Waals surface area contributed by atoms with Gasteiger partial charge in [0, 0.05) is 24.1 Å². The van der Waals surface area contributed by atoms with E-state index in [1.165, 1.54) is 10.8 Å². The molecule has 0 fully saturated rings. The second-order valence-corrected chi connectivity index (χ2v) is 6.75. The summed E-state index contributed by atoms with van der Waals surface area (Å²) in [5, 5.41) is 34.5. The van der Waals surface area contributed by atoms with Crippen molar-refractivity contribution in [1.29, 1.82) is 10.5 Å². The van der Waals surface area contributed by atoms with Gasteiger partial charge >= 0.3 is 0 Å². The Morgan fingerprint density at radius 2 is 2.03 bits per heavy atom. The highest BCUT2D eigenvalue weighted by Gasteiger charge is 2.14. The molecule has 0 aliphatic carbocycles. The fourth-order valence-corrected chi connectivity index (χ4v) is 3.52. The Morgan fingerprint density at radius 1 is 1.30 bits per heavy atom. The van der Waals surface area contributed by atoms with E-state index in [1.54, 1.807) is 43.3 Å². The number of aliphatic hydroxyl groups excluding tert-OH is 1. The molecule has 0 saturated heterocycles. The van der Waals surface area contributed by atoms with E-state index >= 15 is 0 Å². The van der Waals surface area contributed by atoms with Gasteiger partial charge in [-0.05, 0) is 25.1 Å². The highest BCUT2D eigenvalue weighted by molar-refractivity contribution is 7.07. The van der Waals surface area contributed by atoms with Gasteiger partial charge in [0.1, 0.15) is 28.4 Å². The van der Waals surface area contributed by atoms with Gasteiger partial charge in [-0.25, -0.2) is 0 Å². The van der Waals surface area contributed by atoms with Crippen molar-refractivity contribution in [3.8, 4) is 12.1 Å². The lowest BCUT2D eigenvalue weighted by Crippen LogP contribution is -2.34. The molecule has 0 aliphatic heterocycles. The number of carbonyl (C=O) groups is 2. The first-order chi connectivity index (χ1) is 14.4. The van der Waals surface area contributed by atoms with Crippen LogP contribution in [-0.4, -0.2) is 34.6 Å². The SMILES string of the molecule is CCn1c(=O)/c(=C\Nc2cccc(NC(=O)CO)c2)s/c1=C(/C#N)C(=O)NCC#N. The number of hydrogen-bond donors (Lipinski definition) is 4. The van der Waals surface area contributed by atoms with Crippen molar-refractivity contribution >= 4 is 46.3 Å². The first-order valence-electron chi connectivity index (χ1n) is 8.71. The Balaban J connectivity index is 2.45. The molecule has 0 spiro atoms. The van der Waals surface area contributed by atoms with Crippen LogP contribution in [0.1, 0.15) is 6.92 Å². The molecule has 11 heteroatoms. The Morgan fingerprint density at radius 3 is 2.67 bits per heavy atom. The van der Waals surface area contributed by atoms with Gasteiger partial charge in [0.2, 0.25) is 5.91 Å². The van der Waals surface area contributed by atoms with E-state index in [-0.39, 0.29) is 33.4 Å². The fourth-order valence-electron chi connectivity index (χ4n) is 2.43. The molecule has 2 rings (SSSR count). The number of aromatic nitrogens is 1. The van der Waals surface area contributed by atoms with E-state index < -0.39 is 18.4 Å². The minimum absolute atomic E-state index is 0.192. The molecule has 0 saturated carbocycles. The highest BCUT2D eigenvalue weighted by Crippen LogP contribution is 2.14. The van der Waals surface area contributed by atoms with Gasteiger partial charge in [-0.3, -0.25) is 19.0 Å². The third-order valence-corrected chi connectivity index (χ3v) is 4.89. The van der Waals surface area contributed by atoms with Crippen molar-refractivity contribution in [2.45, 2.75) is 13.5 Å². The van der Waals surface area contributed by atoms with E-state index in [0.29, 0.717) is 11.4 Å². The molecule has 0 atom stereocenters. The predicted octanol–water partition coefficient (Wildman–Crippen LogP) is -0.975. The molecule has 0 unspecified atom stereocenters. The summed E-state index contributed by atoms with van der Waals surface area (Å²) >= 11 is 0.969. The van der Waals surface area contributed by atoms with Crippen molar-refractivity contribution in [3.05, 3.63) is 43.8 Å². The number of nitrogens with one attached hydrogen (secondary N) is 3. The number of amides is 2. The Labute approximate surface area is 175 Å². The summed E-state index contributed by atoms with van der Waals surface area (Å²) in [5.41, 5.74) is 0.400. The number of anilines is 2. The smallest absolute Gasteiger partial charge is 0.270 e. The monoisotopic (exact) mass is 426 g/mol. The van der Waals surface area contributed by atoms with Gasteiger partial charge in [-0.15, -0.1) is 11.3 Å². The molecule has 2 aromatic rings. The van der Waals surface area contributed by atoms with Gasteiger partial charge in [-0.2, -0.15) is 10.5 Å². The van der Waals surface area contributed by atoms with Crippen molar-refractivity contribution in [3.63, 3.8) is 0 Å². The number of aliphatic hydroxyl groups is 1. The molecule has 0 radical (unpaired) electrons. The van der Waals surface area contributed by atoms with Gasteiger partial charge < -0.3 is 21.1 Å². The van der Waals surface area contributed by atoms with E-state index in [2.05, 4.69) is 16.0 Å². The summed E-state index contributed by atoms with van der Waals surface area (Å²) in [6.07, 6.45) is 1.44. The maximum absolute atomic E-state index is 12.7. The van der Waals surface area contributed by atoms with Crippen LogP contribution in [0.25, 0.3) is 11.8 Å². The third-order valence-electron chi connectivity index (χ3n) is 3.76. The van der Waals surface area contributed by atoms with E-state index in [1.807, 2.05) is 0 Å². The van der Waals surface area contributed by atoms with Crippen molar-refractivity contribution < 1.29 is 14.7 Å². The summed E-state index contributed by atoms with van der Waals surface area (Å²) in [6.45, 7) is 1.07. The number of rotatable bonds is 7. The molecule has 4 N–H and O–H groups in total. The minimum Gasteiger partial charge on any atom is -0.387 e. The Hall–Kier alpha value is -3.93. The number of hydrogen-bond acceptors (Lipinski definition) is 8. The molecule has 0 aliphatic rings. The molecule has 1 aromatic heterocycles. The van der Waals surface area contributed by atoms with Crippen molar-refractivity contribution in [1.82, 2.24) is 9.88 Å². The first-order valence-corrected chi connectivity index (χ1v) is 9.53.